The van der Waals surface area contributed by atoms with E-state index in [1.165, 1.54) is 6.26 Å². The van der Waals surface area contributed by atoms with Gasteiger partial charge in [0.2, 0.25) is 0 Å². The lowest BCUT2D eigenvalue weighted by Gasteiger charge is -2.04. The number of carbonyl (C=O) groups is 1. The Bertz CT molecular complexity index is 644. The van der Waals surface area contributed by atoms with Gasteiger partial charge in [-0.25, -0.2) is 5.43 Å². The molecule has 2 rings (SSSR count). The second kappa shape index (κ2) is 6.06. The first-order valence-corrected chi connectivity index (χ1v) is 6.15. The van der Waals surface area contributed by atoms with Crippen molar-refractivity contribution in [3.63, 3.8) is 0 Å². The minimum Gasteiger partial charge on any atom is -0.497 e. The van der Waals surface area contributed by atoms with Crippen LogP contribution in [0.5, 0.6) is 5.75 Å². The van der Waals surface area contributed by atoms with Crippen LogP contribution in [0.25, 0.3) is 0 Å². The fourth-order valence-corrected chi connectivity index (χ4v) is 1.73. The van der Waals surface area contributed by atoms with Gasteiger partial charge in [-0.1, -0.05) is 12.1 Å². The van der Waals surface area contributed by atoms with Gasteiger partial charge < -0.3 is 9.15 Å². The van der Waals surface area contributed by atoms with Crippen LogP contribution in [0.2, 0.25) is 0 Å². The van der Waals surface area contributed by atoms with E-state index in [9.17, 15) is 4.79 Å². The number of hydrogen-bond donors (Lipinski definition) is 1. The van der Waals surface area contributed by atoms with Gasteiger partial charge in [0.05, 0.1) is 24.6 Å². The van der Waals surface area contributed by atoms with Gasteiger partial charge in [-0.15, -0.1) is 0 Å². The van der Waals surface area contributed by atoms with Gasteiger partial charge in [-0.2, -0.15) is 5.10 Å². The third-order valence-electron chi connectivity index (χ3n) is 2.92. The summed E-state index contributed by atoms with van der Waals surface area (Å²) < 4.78 is 10.2. The number of aryl methyl sites for hydroxylation is 1. The number of methoxy groups -OCH3 is 1. The summed E-state index contributed by atoms with van der Waals surface area (Å²) in [4.78, 5) is 11.9. The number of amides is 1. The highest BCUT2D eigenvalue weighted by Gasteiger charge is 2.10. The molecule has 2 aromatic rings. The summed E-state index contributed by atoms with van der Waals surface area (Å²) >= 11 is 0. The Morgan fingerprint density at radius 1 is 1.35 bits per heavy atom. The van der Waals surface area contributed by atoms with E-state index in [4.69, 9.17) is 9.15 Å². The molecule has 20 heavy (non-hydrogen) atoms. The first-order valence-electron chi connectivity index (χ1n) is 6.15. The van der Waals surface area contributed by atoms with E-state index in [0.29, 0.717) is 17.0 Å². The minimum absolute atomic E-state index is 0.293. The molecule has 0 saturated carbocycles. The summed E-state index contributed by atoms with van der Waals surface area (Å²) in [5.74, 6) is 1.02. The van der Waals surface area contributed by atoms with Crippen molar-refractivity contribution in [2.45, 2.75) is 13.8 Å². The van der Waals surface area contributed by atoms with Crippen LogP contribution in [-0.4, -0.2) is 18.7 Å². The predicted octanol–water partition coefficient (Wildman–Crippen LogP) is 2.75. The summed E-state index contributed by atoms with van der Waals surface area (Å²) in [5.41, 5.74) is 4.56. The number of hydrazone groups is 1. The minimum atomic E-state index is -0.293. The van der Waals surface area contributed by atoms with Crippen LogP contribution in [0, 0.1) is 6.92 Å². The van der Waals surface area contributed by atoms with Crippen molar-refractivity contribution in [1.82, 2.24) is 5.43 Å². The predicted molar refractivity (Wildman–Crippen MR) is 76.1 cm³/mol. The molecule has 0 aliphatic rings. The molecule has 0 aliphatic heterocycles. The second-order valence-electron chi connectivity index (χ2n) is 4.26. The van der Waals surface area contributed by atoms with Gasteiger partial charge in [-0.05, 0) is 32.0 Å². The lowest BCUT2D eigenvalue weighted by molar-refractivity contribution is 0.0953. The standard InChI is InChI=1S/C15H16N2O3/c1-10(12-5-4-6-13(9-12)19-3)16-17-15(18)14-7-8-20-11(14)2/h4-9H,1-3H3,(H,17,18)/b16-10-. The van der Waals surface area contributed by atoms with Gasteiger partial charge >= 0.3 is 0 Å². The van der Waals surface area contributed by atoms with Crippen molar-refractivity contribution in [3.05, 3.63) is 53.5 Å². The number of benzene rings is 1. The number of furan rings is 1. The summed E-state index contributed by atoms with van der Waals surface area (Å²) in [6, 6.07) is 9.09. The molecular weight excluding hydrogens is 256 g/mol. The molecule has 104 valence electrons. The fraction of sp³-hybridized carbons (Fsp3) is 0.200. The van der Waals surface area contributed by atoms with E-state index in [2.05, 4.69) is 10.5 Å². The summed E-state index contributed by atoms with van der Waals surface area (Å²) in [6.07, 6.45) is 1.48. The zero-order chi connectivity index (χ0) is 14.5. The third kappa shape index (κ3) is 3.06. The number of nitrogens with one attached hydrogen (secondary N) is 1. The molecule has 0 bridgehead atoms. The van der Waals surface area contributed by atoms with E-state index in [0.717, 1.165) is 11.3 Å². The van der Waals surface area contributed by atoms with Gasteiger partial charge in [0.15, 0.2) is 0 Å². The maximum Gasteiger partial charge on any atom is 0.274 e. The van der Waals surface area contributed by atoms with Crippen molar-refractivity contribution in [3.8, 4) is 5.75 Å². The topological polar surface area (TPSA) is 63.8 Å². The zero-order valence-electron chi connectivity index (χ0n) is 11.6. The zero-order valence-corrected chi connectivity index (χ0v) is 11.6. The van der Waals surface area contributed by atoms with E-state index in [-0.39, 0.29) is 5.91 Å². The SMILES string of the molecule is COc1cccc(/C(C)=N\NC(=O)c2ccoc2C)c1. The summed E-state index contributed by atoms with van der Waals surface area (Å²) in [7, 11) is 1.61. The molecule has 1 aromatic carbocycles. The van der Waals surface area contributed by atoms with Crippen LogP contribution in [0.1, 0.15) is 28.6 Å². The molecule has 5 nitrogen and oxygen atoms in total. The Morgan fingerprint density at radius 3 is 2.80 bits per heavy atom. The van der Waals surface area contributed by atoms with E-state index < -0.39 is 0 Å². The van der Waals surface area contributed by atoms with Crippen LogP contribution in [0.15, 0.2) is 46.1 Å². The van der Waals surface area contributed by atoms with E-state index in [1.54, 1.807) is 20.1 Å². The normalized spacial score (nSPS) is 11.2. The highest BCUT2D eigenvalue weighted by molar-refractivity contribution is 6.01. The van der Waals surface area contributed by atoms with Crippen LogP contribution >= 0.6 is 0 Å². The first kappa shape index (κ1) is 13.9. The Labute approximate surface area is 117 Å². The number of rotatable bonds is 4. The van der Waals surface area contributed by atoms with Gasteiger partial charge in [0.25, 0.3) is 5.91 Å². The quantitative estimate of drug-likeness (QED) is 0.687. The van der Waals surface area contributed by atoms with E-state index in [1.807, 2.05) is 31.2 Å². The van der Waals surface area contributed by atoms with Gasteiger partial charge in [-0.3, -0.25) is 4.79 Å². The summed E-state index contributed by atoms with van der Waals surface area (Å²) in [6.45, 7) is 3.55. The van der Waals surface area contributed by atoms with Crippen LogP contribution in [0.3, 0.4) is 0 Å². The van der Waals surface area contributed by atoms with Crippen molar-refractivity contribution < 1.29 is 13.9 Å². The molecule has 0 saturated heterocycles. The Balaban J connectivity index is 2.11. The molecule has 0 aliphatic carbocycles. The van der Waals surface area contributed by atoms with Crippen LogP contribution < -0.4 is 10.2 Å². The summed E-state index contributed by atoms with van der Waals surface area (Å²) in [5, 5.41) is 4.09. The molecule has 1 aromatic heterocycles. The molecule has 1 N–H and O–H groups in total. The number of hydrogen-bond acceptors (Lipinski definition) is 4. The monoisotopic (exact) mass is 272 g/mol. The molecular formula is C15H16N2O3. The Kier molecular flexibility index (Phi) is 4.20. The van der Waals surface area contributed by atoms with Gasteiger partial charge in [0.1, 0.15) is 11.5 Å². The molecule has 0 atom stereocenters. The molecule has 0 unspecified atom stereocenters. The second-order valence-corrected chi connectivity index (χ2v) is 4.26. The van der Waals surface area contributed by atoms with Gasteiger partial charge in [0, 0.05) is 5.56 Å². The number of nitrogens with zero attached hydrogens (tertiary/aromatic N) is 1. The molecule has 5 heteroatoms. The smallest absolute Gasteiger partial charge is 0.274 e. The highest BCUT2D eigenvalue weighted by Crippen LogP contribution is 2.13. The highest BCUT2D eigenvalue weighted by atomic mass is 16.5. The number of ether oxygens (including phenoxy) is 1. The van der Waals surface area contributed by atoms with E-state index >= 15 is 0 Å². The van der Waals surface area contributed by atoms with Crippen LogP contribution in [-0.2, 0) is 0 Å². The first-order chi connectivity index (χ1) is 9.61. The van der Waals surface area contributed by atoms with Crippen molar-refractivity contribution in [2.24, 2.45) is 5.10 Å². The average molecular weight is 272 g/mol. The van der Waals surface area contributed by atoms with Crippen LogP contribution in [0.4, 0.5) is 0 Å². The molecule has 0 fully saturated rings. The van der Waals surface area contributed by atoms with Crippen molar-refractivity contribution in [1.29, 1.82) is 0 Å². The molecule has 0 radical (unpaired) electrons. The average Bonchev–Trinajstić information content (AvgIpc) is 2.90. The maximum absolute atomic E-state index is 11.9. The Hall–Kier alpha value is -2.56. The largest absolute Gasteiger partial charge is 0.497 e. The fourth-order valence-electron chi connectivity index (χ4n) is 1.73. The molecule has 0 spiro atoms. The Morgan fingerprint density at radius 2 is 2.15 bits per heavy atom. The van der Waals surface area contributed by atoms with Crippen molar-refractivity contribution in [2.75, 3.05) is 7.11 Å². The lowest BCUT2D eigenvalue weighted by Crippen LogP contribution is -2.19. The third-order valence-corrected chi connectivity index (χ3v) is 2.92. The number of carbonyl (C=O) groups excluding carboxylic acids is 1. The van der Waals surface area contributed by atoms with Crippen molar-refractivity contribution >= 4 is 11.6 Å². The maximum atomic E-state index is 11.9. The lowest BCUT2D eigenvalue weighted by atomic mass is 10.1. The molecule has 1 heterocycles. The molecule has 1 amide bonds.